The molecule has 0 aliphatic heterocycles. The van der Waals surface area contributed by atoms with Crippen LogP contribution in [0.15, 0.2) is 240 Å². The second-order valence-electron chi connectivity index (χ2n) is 19.7. The highest BCUT2D eigenvalue weighted by Gasteiger charge is 2.23. The third kappa shape index (κ3) is 6.08. The lowest BCUT2D eigenvalue weighted by molar-refractivity contribution is 0.671. The molecule has 17 aromatic rings. The largest absolute Gasteiger partial charge is 0.455 e. The first kappa shape index (κ1) is 42.2. The minimum absolute atomic E-state index is 0.863. The van der Waals surface area contributed by atoms with Crippen molar-refractivity contribution in [2.45, 2.75) is 0 Å². The number of nitrogens with zero attached hydrogens (tertiary/aromatic N) is 6. The summed E-state index contributed by atoms with van der Waals surface area (Å²) < 4.78 is 21.3. The molecule has 17 rings (SSSR count). The van der Waals surface area contributed by atoms with Crippen LogP contribution >= 0.6 is 11.3 Å². The maximum Gasteiger partial charge on any atom is 0.143 e. The Bertz CT molecular complexity index is 4890. The minimum atomic E-state index is 0.863. The maximum absolute atomic E-state index is 7.15. The Balaban J connectivity index is 0.788. The van der Waals surface area contributed by atoms with Crippen LogP contribution in [-0.4, -0.2) is 29.1 Å². The molecule has 8 nitrogen and oxygen atoms in total. The molecule has 0 aliphatic rings. The lowest BCUT2D eigenvalue weighted by Gasteiger charge is -2.10. The van der Waals surface area contributed by atoms with Crippen LogP contribution in [0.4, 0.5) is 0 Å². The Hall–Kier alpha value is -10.2. The van der Waals surface area contributed by atoms with E-state index < -0.39 is 0 Å². The molecule has 0 N–H and O–H groups in total. The van der Waals surface area contributed by atoms with Gasteiger partial charge in [-0.1, -0.05) is 133 Å². The number of aromatic nitrogens is 6. The van der Waals surface area contributed by atoms with E-state index in [0.717, 1.165) is 143 Å². The lowest BCUT2D eigenvalue weighted by Crippen LogP contribution is -1.94. The van der Waals surface area contributed by atoms with Crippen LogP contribution in [0.25, 0.3) is 164 Å². The summed E-state index contributed by atoms with van der Waals surface area (Å²) >= 11 is 1.84. The molecule has 0 amide bonds. The lowest BCUT2D eigenvalue weighted by atomic mass is 9.97. The van der Waals surface area contributed by atoms with Crippen molar-refractivity contribution in [2.75, 3.05) is 0 Å². The van der Waals surface area contributed by atoms with E-state index >= 15 is 0 Å². The standard InChI is InChI=1S/C68H38N6O2S/c1-9-39(33-41(11-1)73-59-25-29-69-35-55(59)56-36-70-30-26-60(56)73)43-13-3-15-45-47-17-5-19-49(65(47)75-63(43)45)51-21-7-23-53-54-24-8-22-52(68(54)77-67(51)53)50-20-6-18-48-46-16-4-14-44(64(46)76-66(48)50)40-10-2-12-42(34-40)74-61-27-31-71-37-57(61)58-38-72-32-28-62(58)74/h1-38H. The number of hydrogen-bond acceptors (Lipinski definition) is 7. The van der Waals surface area contributed by atoms with Gasteiger partial charge in [0.05, 0.1) is 22.1 Å². The molecule has 0 fully saturated rings. The first-order valence-corrected chi connectivity index (χ1v) is 26.4. The van der Waals surface area contributed by atoms with Crippen molar-refractivity contribution >= 4 is 119 Å². The predicted octanol–water partition coefficient (Wildman–Crippen LogP) is 18.3. The van der Waals surface area contributed by atoms with E-state index in [1.807, 2.05) is 60.9 Å². The molecule has 8 aromatic carbocycles. The molecule has 9 heteroatoms. The summed E-state index contributed by atoms with van der Waals surface area (Å²) in [7, 11) is 0. The Labute approximate surface area is 442 Å². The van der Waals surface area contributed by atoms with E-state index in [-0.39, 0.29) is 0 Å². The van der Waals surface area contributed by atoms with Crippen LogP contribution in [0.2, 0.25) is 0 Å². The molecule has 0 unspecified atom stereocenters. The van der Waals surface area contributed by atoms with Crippen molar-refractivity contribution in [3.05, 3.63) is 232 Å². The summed E-state index contributed by atoms with van der Waals surface area (Å²) in [6.07, 6.45) is 15.1. The van der Waals surface area contributed by atoms with Crippen LogP contribution in [-0.2, 0) is 0 Å². The van der Waals surface area contributed by atoms with Gasteiger partial charge in [0.2, 0.25) is 0 Å². The molecule has 0 spiro atoms. The Kier molecular flexibility index (Phi) is 8.84. The number of fused-ring (bicyclic) bond motifs is 15. The van der Waals surface area contributed by atoms with Crippen molar-refractivity contribution in [3.8, 4) is 55.9 Å². The van der Waals surface area contributed by atoms with Gasteiger partial charge in [0, 0.05) is 158 Å². The van der Waals surface area contributed by atoms with Crippen molar-refractivity contribution in [1.29, 1.82) is 0 Å². The second-order valence-corrected chi connectivity index (χ2v) is 20.8. The van der Waals surface area contributed by atoms with Crippen molar-refractivity contribution in [2.24, 2.45) is 0 Å². The fourth-order valence-corrected chi connectivity index (χ4v) is 13.7. The average molecular weight is 1000 g/mol. The fourth-order valence-electron chi connectivity index (χ4n) is 12.4. The quantitative estimate of drug-likeness (QED) is 0.165. The smallest absolute Gasteiger partial charge is 0.143 e. The van der Waals surface area contributed by atoms with E-state index in [9.17, 15) is 0 Å². The summed E-state index contributed by atoms with van der Waals surface area (Å²) in [6.45, 7) is 0. The zero-order chi connectivity index (χ0) is 50.3. The van der Waals surface area contributed by atoms with Crippen LogP contribution in [0.5, 0.6) is 0 Å². The van der Waals surface area contributed by atoms with Gasteiger partial charge in [-0.2, -0.15) is 0 Å². The molecule has 9 aromatic heterocycles. The fraction of sp³-hybridized carbons (Fsp3) is 0. The number of thiophene rings is 1. The van der Waals surface area contributed by atoms with Gasteiger partial charge in [-0.05, 0) is 59.7 Å². The first-order chi connectivity index (χ1) is 38.2. The third-order valence-corrected chi connectivity index (χ3v) is 17.0. The van der Waals surface area contributed by atoms with Gasteiger partial charge in [0.25, 0.3) is 0 Å². The van der Waals surface area contributed by atoms with Crippen molar-refractivity contribution in [1.82, 2.24) is 29.1 Å². The Morgan fingerprint density at radius 1 is 0.286 bits per heavy atom. The Morgan fingerprint density at radius 3 is 0.974 bits per heavy atom. The van der Waals surface area contributed by atoms with Gasteiger partial charge in [-0.25, -0.2) is 0 Å². The monoisotopic (exact) mass is 1000 g/mol. The minimum Gasteiger partial charge on any atom is -0.455 e. The molecule has 0 atom stereocenters. The number of para-hydroxylation sites is 4. The molecular weight excluding hydrogens is 965 g/mol. The Morgan fingerprint density at radius 2 is 0.597 bits per heavy atom. The number of hydrogen-bond donors (Lipinski definition) is 0. The first-order valence-electron chi connectivity index (χ1n) is 25.6. The normalized spacial score (nSPS) is 12.2. The number of rotatable bonds is 6. The molecule has 358 valence electrons. The highest BCUT2D eigenvalue weighted by molar-refractivity contribution is 7.27. The van der Waals surface area contributed by atoms with Crippen LogP contribution in [0, 0.1) is 0 Å². The van der Waals surface area contributed by atoms with Gasteiger partial charge in [-0.3, -0.25) is 19.9 Å². The van der Waals surface area contributed by atoms with Gasteiger partial charge in [0.15, 0.2) is 0 Å². The zero-order valence-corrected chi connectivity index (χ0v) is 41.7. The number of pyridine rings is 4. The average Bonchev–Trinajstić information content (AvgIpc) is 4.42. The van der Waals surface area contributed by atoms with Crippen LogP contribution in [0.1, 0.15) is 0 Å². The van der Waals surface area contributed by atoms with Crippen LogP contribution in [0.3, 0.4) is 0 Å². The van der Waals surface area contributed by atoms with Gasteiger partial charge in [-0.15, -0.1) is 11.3 Å². The highest BCUT2D eigenvalue weighted by atomic mass is 32.1. The molecule has 9 heterocycles. The summed E-state index contributed by atoms with van der Waals surface area (Å²) in [5.41, 5.74) is 18.5. The summed E-state index contributed by atoms with van der Waals surface area (Å²) in [5.74, 6) is 0. The molecule has 0 aliphatic carbocycles. The van der Waals surface area contributed by atoms with Crippen LogP contribution < -0.4 is 0 Å². The SMILES string of the molecule is c1cc(-c2cccc3c2oc2c(-c4cccc5c4sc4c(-c6cccc7c6oc6c(-c8cccc(-n9c%10ccncc%10c%10cnccc%109)c8)cccc67)cccc45)cccc23)cc(-n2c3ccncc3c3cnccc32)c1. The van der Waals surface area contributed by atoms with Gasteiger partial charge < -0.3 is 18.0 Å². The molecule has 0 saturated carbocycles. The van der Waals surface area contributed by atoms with E-state index in [4.69, 9.17) is 8.83 Å². The molecule has 0 saturated heterocycles. The maximum atomic E-state index is 7.15. The molecule has 0 bridgehead atoms. The summed E-state index contributed by atoms with van der Waals surface area (Å²) in [5, 5.41) is 11.0. The number of benzene rings is 8. The topological polar surface area (TPSA) is 87.7 Å². The van der Waals surface area contributed by atoms with Gasteiger partial charge >= 0.3 is 0 Å². The predicted molar refractivity (Wildman–Crippen MR) is 315 cm³/mol. The second kappa shape index (κ2) is 16.1. The highest BCUT2D eigenvalue weighted by Crippen LogP contribution is 2.49. The third-order valence-electron chi connectivity index (χ3n) is 15.7. The molecule has 0 radical (unpaired) electrons. The molecular formula is C68H38N6O2S. The van der Waals surface area contributed by atoms with E-state index in [1.165, 1.54) is 20.2 Å². The number of furan rings is 2. The van der Waals surface area contributed by atoms with Gasteiger partial charge in [0.1, 0.15) is 22.3 Å². The zero-order valence-electron chi connectivity index (χ0n) is 40.8. The van der Waals surface area contributed by atoms with E-state index in [2.05, 4.69) is 211 Å². The van der Waals surface area contributed by atoms with Crippen molar-refractivity contribution in [3.63, 3.8) is 0 Å². The summed E-state index contributed by atoms with van der Waals surface area (Å²) in [6, 6.07) is 65.2. The van der Waals surface area contributed by atoms with E-state index in [0.29, 0.717) is 0 Å². The summed E-state index contributed by atoms with van der Waals surface area (Å²) in [4.78, 5) is 17.8. The van der Waals surface area contributed by atoms with E-state index in [1.54, 1.807) is 0 Å². The molecule has 77 heavy (non-hydrogen) atoms. The van der Waals surface area contributed by atoms with Crippen molar-refractivity contribution < 1.29 is 8.83 Å².